The average molecular weight is 273 g/mol. The Morgan fingerprint density at radius 2 is 2.35 bits per heavy atom. The summed E-state index contributed by atoms with van der Waals surface area (Å²) >= 11 is 3.21. The largest absolute Gasteiger partial charge is 0.349 e. The summed E-state index contributed by atoms with van der Waals surface area (Å²) in [6.45, 7) is 5.39. The minimum Gasteiger partial charge on any atom is -0.349 e. The molecule has 0 aliphatic heterocycles. The van der Waals surface area contributed by atoms with Crippen molar-refractivity contribution in [3.05, 3.63) is 16.1 Å². The van der Waals surface area contributed by atoms with E-state index in [1.165, 1.54) is 11.3 Å². The maximum Gasteiger partial charge on any atom is 0.270 e. The van der Waals surface area contributed by atoms with Gasteiger partial charge >= 0.3 is 0 Å². The number of carbonyl (C=O) groups excluding carboxylic acids is 1. The predicted octanol–water partition coefficient (Wildman–Crippen LogP) is 1.52. The van der Waals surface area contributed by atoms with Gasteiger partial charge in [-0.3, -0.25) is 4.79 Å². The van der Waals surface area contributed by atoms with E-state index in [2.05, 4.69) is 24.1 Å². The zero-order valence-corrected chi connectivity index (χ0v) is 12.1. The predicted molar refractivity (Wildman–Crippen MR) is 74.8 cm³/mol. The van der Waals surface area contributed by atoms with E-state index in [-0.39, 0.29) is 10.7 Å². The number of carbonyl (C=O) groups is 1. The van der Waals surface area contributed by atoms with Gasteiger partial charge in [-0.05, 0) is 26.6 Å². The summed E-state index contributed by atoms with van der Waals surface area (Å²) in [6, 6.07) is 0. The molecule has 0 unspecified atom stereocenters. The highest BCUT2D eigenvalue weighted by atomic mass is 32.2. The molecule has 0 saturated heterocycles. The molecule has 0 radical (unpaired) electrons. The lowest BCUT2D eigenvalue weighted by Crippen LogP contribution is -2.36. The fourth-order valence-electron chi connectivity index (χ4n) is 1.11. The molecule has 0 spiro atoms. The van der Waals surface area contributed by atoms with E-state index >= 15 is 0 Å². The van der Waals surface area contributed by atoms with Gasteiger partial charge in [0.25, 0.3) is 5.91 Å². The Morgan fingerprint density at radius 1 is 1.65 bits per heavy atom. The molecule has 3 N–H and O–H groups in total. The zero-order chi connectivity index (χ0) is 12.9. The summed E-state index contributed by atoms with van der Waals surface area (Å²) in [6.07, 6.45) is 2.77. The number of hydrogen-bond donors (Lipinski definition) is 2. The second-order valence-corrected chi connectivity index (χ2v) is 6.77. The normalized spacial score (nSPS) is 11.5. The molecule has 0 fully saturated rings. The van der Waals surface area contributed by atoms with Crippen molar-refractivity contribution in [3.8, 4) is 0 Å². The molecule has 0 aliphatic carbocycles. The summed E-state index contributed by atoms with van der Waals surface area (Å²) in [5.74, 6) is -0.105. The van der Waals surface area contributed by atoms with E-state index < -0.39 is 0 Å². The third-order valence-corrected chi connectivity index (χ3v) is 4.53. The van der Waals surface area contributed by atoms with Crippen molar-refractivity contribution in [3.63, 3.8) is 0 Å². The Bertz CT molecular complexity index is 377. The van der Waals surface area contributed by atoms with Crippen LogP contribution in [-0.4, -0.2) is 35.0 Å². The number of rotatable bonds is 6. The first kappa shape index (κ1) is 14.5. The van der Waals surface area contributed by atoms with Gasteiger partial charge in [-0.2, -0.15) is 11.8 Å². The zero-order valence-electron chi connectivity index (χ0n) is 10.4. The van der Waals surface area contributed by atoms with Crippen LogP contribution in [0.3, 0.4) is 0 Å². The number of nitrogens with two attached hydrogens (primary N) is 1. The second-order valence-electron chi connectivity index (χ2n) is 4.31. The van der Waals surface area contributed by atoms with Gasteiger partial charge in [0, 0.05) is 23.1 Å². The minimum atomic E-state index is -0.105. The standard InChI is InChI=1S/C11H19N3OS2/c1-11(2,16-3)7-13-10(15)8-6-17-9(14-8)4-5-12/h6H,4-5,7,12H2,1-3H3,(H,13,15). The molecule has 1 aromatic rings. The van der Waals surface area contributed by atoms with Gasteiger partial charge in [-0.1, -0.05) is 0 Å². The van der Waals surface area contributed by atoms with Crippen molar-refractivity contribution in [1.29, 1.82) is 0 Å². The fraction of sp³-hybridized carbons (Fsp3) is 0.636. The molecule has 0 saturated carbocycles. The van der Waals surface area contributed by atoms with E-state index in [0.717, 1.165) is 11.4 Å². The Labute approximate surface area is 110 Å². The molecular formula is C11H19N3OS2. The number of thioether (sulfide) groups is 1. The highest BCUT2D eigenvalue weighted by Gasteiger charge is 2.18. The van der Waals surface area contributed by atoms with Crippen LogP contribution in [0.15, 0.2) is 5.38 Å². The SMILES string of the molecule is CSC(C)(C)CNC(=O)c1csc(CCN)n1. The Kier molecular flexibility index (Phi) is 5.42. The molecular weight excluding hydrogens is 254 g/mol. The first-order valence-electron chi connectivity index (χ1n) is 5.46. The third kappa shape index (κ3) is 4.65. The third-order valence-electron chi connectivity index (χ3n) is 2.37. The highest BCUT2D eigenvalue weighted by Crippen LogP contribution is 2.19. The number of hydrogen-bond acceptors (Lipinski definition) is 5. The van der Waals surface area contributed by atoms with Crippen LogP contribution in [-0.2, 0) is 6.42 Å². The maximum absolute atomic E-state index is 11.8. The monoisotopic (exact) mass is 273 g/mol. The van der Waals surface area contributed by atoms with Crippen LogP contribution < -0.4 is 11.1 Å². The lowest BCUT2D eigenvalue weighted by Gasteiger charge is -2.21. The quantitative estimate of drug-likeness (QED) is 0.824. The van der Waals surface area contributed by atoms with E-state index in [4.69, 9.17) is 5.73 Å². The molecule has 0 aromatic carbocycles. The first-order valence-corrected chi connectivity index (χ1v) is 7.57. The summed E-state index contributed by atoms with van der Waals surface area (Å²) in [4.78, 5) is 16.1. The van der Waals surface area contributed by atoms with Crippen LogP contribution in [0.1, 0.15) is 29.3 Å². The minimum absolute atomic E-state index is 0.0474. The molecule has 0 atom stereocenters. The van der Waals surface area contributed by atoms with Gasteiger partial charge < -0.3 is 11.1 Å². The number of thiazole rings is 1. The lowest BCUT2D eigenvalue weighted by atomic mass is 10.2. The van der Waals surface area contributed by atoms with E-state index in [9.17, 15) is 4.79 Å². The molecule has 0 bridgehead atoms. The number of nitrogens with zero attached hydrogens (tertiary/aromatic N) is 1. The van der Waals surface area contributed by atoms with Crippen LogP contribution in [0.2, 0.25) is 0 Å². The Balaban J connectivity index is 2.52. The van der Waals surface area contributed by atoms with Gasteiger partial charge in [0.1, 0.15) is 5.69 Å². The lowest BCUT2D eigenvalue weighted by molar-refractivity contribution is 0.0946. The topological polar surface area (TPSA) is 68.0 Å². The van der Waals surface area contributed by atoms with Gasteiger partial charge in [-0.15, -0.1) is 11.3 Å². The molecule has 1 rings (SSSR count). The van der Waals surface area contributed by atoms with Crippen LogP contribution >= 0.6 is 23.1 Å². The van der Waals surface area contributed by atoms with Crippen LogP contribution in [0.4, 0.5) is 0 Å². The molecule has 96 valence electrons. The van der Waals surface area contributed by atoms with Crippen molar-refractivity contribution in [2.75, 3.05) is 19.3 Å². The van der Waals surface area contributed by atoms with Gasteiger partial charge in [-0.25, -0.2) is 4.98 Å². The first-order chi connectivity index (χ1) is 7.98. The van der Waals surface area contributed by atoms with Gasteiger partial charge in [0.15, 0.2) is 0 Å². The van der Waals surface area contributed by atoms with Crippen molar-refractivity contribution >= 4 is 29.0 Å². The van der Waals surface area contributed by atoms with Crippen molar-refractivity contribution < 1.29 is 4.79 Å². The molecule has 0 aliphatic rings. The second kappa shape index (κ2) is 6.37. The molecule has 4 nitrogen and oxygen atoms in total. The Hall–Kier alpha value is -0.590. The van der Waals surface area contributed by atoms with Crippen molar-refractivity contribution in [2.24, 2.45) is 5.73 Å². The average Bonchev–Trinajstić information content (AvgIpc) is 2.75. The number of aromatic nitrogens is 1. The number of amides is 1. The molecule has 1 amide bonds. The Morgan fingerprint density at radius 3 is 2.94 bits per heavy atom. The van der Waals surface area contributed by atoms with Crippen LogP contribution in [0.5, 0.6) is 0 Å². The molecule has 1 aromatic heterocycles. The smallest absolute Gasteiger partial charge is 0.270 e. The molecule has 6 heteroatoms. The van der Waals surface area contributed by atoms with Gasteiger partial charge in [0.2, 0.25) is 0 Å². The number of nitrogens with one attached hydrogen (secondary N) is 1. The summed E-state index contributed by atoms with van der Waals surface area (Å²) < 4.78 is 0.0474. The summed E-state index contributed by atoms with van der Waals surface area (Å²) in [7, 11) is 0. The van der Waals surface area contributed by atoms with Crippen LogP contribution in [0.25, 0.3) is 0 Å². The van der Waals surface area contributed by atoms with Crippen molar-refractivity contribution in [1.82, 2.24) is 10.3 Å². The van der Waals surface area contributed by atoms with Gasteiger partial charge in [0.05, 0.1) is 5.01 Å². The maximum atomic E-state index is 11.8. The summed E-state index contributed by atoms with van der Waals surface area (Å²) in [5, 5.41) is 5.60. The fourth-order valence-corrected chi connectivity index (χ4v) is 2.12. The van der Waals surface area contributed by atoms with E-state index in [0.29, 0.717) is 18.8 Å². The van der Waals surface area contributed by atoms with Crippen LogP contribution in [0, 0.1) is 0 Å². The van der Waals surface area contributed by atoms with Crippen molar-refractivity contribution in [2.45, 2.75) is 25.0 Å². The highest BCUT2D eigenvalue weighted by molar-refractivity contribution is 7.99. The van der Waals surface area contributed by atoms with E-state index in [1.807, 2.05) is 6.26 Å². The molecule has 1 heterocycles. The summed E-state index contributed by atoms with van der Waals surface area (Å²) in [5.41, 5.74) is 5.94. The van der Waals surface area contributed by atoms with E-state index in [1.54, 1.807) is 17.1 Å². The molecule has 17 heavy (non-hydrogen) atoms.